The van der Waals surface area contributed by atoms with Crippen molar-refractivity contribution < 1.29 is 46.8 Å². The molecule has 2 aliphatic rings. The molecule has 1 saturated heterocycles. The average Bonchev–Trinajstić information content (AvgIpc) is 2.98. The van der Waals surface area contributed by atoms with E-state index in [4.69, 9.17) is 13.8 Å². The highest BCUT2D eigenvalue weighted by atomic mass is 31.2. The van der Waals surface area contributed by atoms with Crippen LogP contribution in [0, 0.1) is 5.92 Å². The van der Waals surface area contributed by atoms with Crippen LogP contribution in [0.1, 0.15) is 20.3 Å². The Kier molecular flexibility index (Phi) is 7.16. The molecule has 1 fully saturated rings. The summed E-state index contributed by atoms with van der Waals surface area (Å²) >= 11 is 0. The first kappa shape index (κ1) is 22.4. The lowest BCUT2D eigenvalue weighted by Crippen LogP contribution is -2.44. The molecule has 11 nitrogen and oxygen atoms in total. The Morgan fingerprint density at radius 1 is 1.33 bits per heavy atom. The second kappa shape index (κ2) is 8.63. The first-order valence-corrected chi connectivity index (χ1v) is 11.5. The zero-order valence-corrected chi connectivity index (χ0v) is 16.9. The lowest BCUT2D eigenvalue weighted by Gasteiger charge is -2.24. The lowest BCUT2D eigenvalue weighted by atomic mass is 9.93. The van der Waals surface area contributed by atoms with Crippen LogP contribution in [-0.4, -0.2) is 59.8 Å². The molecule has 2 aliphatic heterocycles. The molecule has 0 saturated carbocycles. The van der Waals surface area contributed by atoms with Crippen molar-refractivity contribution in [1.29, 1.82) is 0 Å². The molecule has 0 aromatic heterocycles. The second-order valence-corrected chi connectivity index (χ2v) is 9.87. The highest BCUT2D eigenvalue weighted by Gasteiger charge is 2.46. The van der Waals surface area contributed by atoms with Gasteiger partial charge in [-0.1, -0.05) is 13.0 Å². The van der Waals surface area contributed by atoms with Gasteiger partial charge in [-0.25, -0.2) is 4.57 Å². The van der Waals surface area contributed by atoms with Gasteiger partial charge in [-0.05, 0) is 6.92 Å². The third-order valence-corrected chi connectivity index (χ3v) is 6.63. The smallest absolute Gasteiger partial charge is 0.369 e. The van der Waals surface area contributed by atoms with E-state index in [0.717, 1.165) is 7.11 Å². The minimum Gasteiger partial charge on any atom is -0.369 e. The van der Waals surface area contributed by atoms with Gasteiger partial charge in [0.2, 0.25) is 5.91 Å². The van der Waals surface area contributed by atoms with E-state index < -0.39 is 58.1 Å². The van der Waals surface area contributed by atoms with E-state index in [1.54, 1.807) is 0 Å². The van der Waals surface area contributed by atoms with E-state index in [1.165, 1.54) is 19.9 Å². The fourth-order valence-electron chi connectivity index (χ4n) is 2.73. The molecule has 0 spiro atoms. The van der Waals surface area contributed by atoms with Gasteiger partial charge >= 0.3 is 15.4 Å². The van der Waals surface area contributed by atoms with Gasteiger partial charge in [0.15, 0.2) is 0 Å². The summed E-state index contributed by atoms with van der Waals surface area (Å²) in [5.74, 6) is -1.89. The predicted molar refractivity (Wildman–Crippen MR) is 91.7 cm³/mol. The van der Waals surface area contributed by atoms with Crippen LogP contribution in [0.4, 0.5) is 0 Å². The summed E-state index contributed by atoms with van der Waals surface area (Å²) in [6.07, 6.45) is -1.35. The van der Waals surface area contributed by atoms with Crippen molar-refractivity contribution in [3.05, 3.63) is 11.6 Å². The molecule has 2 heterocycles. The number of hydrogen-bond donors (Lipinski definition) is 3. The van der Waals surface area contributed by atoms with Gasteiger partial charge in [0.25, 0.3) is 5.91 Å². The molecule has 2 rings (SSSR count). The van der Waals surface area contributed by atoms with Crippen LogP contribution in [0.2, 0.25) is 0 Å². The van der Waals surface area contributed by atoms with Crippen molar-refractivity contribution in [1.82, 2.24) is 5.32 Å². The SMILES string of the molecule is CCP(=O)(O)O[C@@H]1C[C@H](C2C=C(C)C(=O)NC2=O)OC1COP(=O)(O)OC. The van der Waals surface area contributed by atoms with Crippen LogP contribution < -0.4 is 5.32 Å². The van der Waals surface area contributed by atoms with Gasteiger partial charge < -0.3 is 19.0 Å². The summed E-state index contributed by atoms with van der Waals surface area (Å²) in [5.41, 5.74) is 0.334. The number of carbonyl (C=O) groups is 2. The maximum absolute atomic E-state index is 12.1. The maximum Gasteiger partial charge on any atom is 0.472 e. The number of phosphoric acid groups is 1. The molecule has 0 bridgehead atoms. The quantitative estimate of drug-likeness (QED) is 0.372. The monoisotopic (exact) mass is 427 g/mol. The van der Waals surface area contributed by atoms with Crippen LogP contribution >= 0.6 is 15.4 Å². The number of ether oxygens (including phenoxy) is 1. The number of imide groups is 1. The Bertz CT molecular complexity index is 723. The number of carbonyl (C=O) groups excluding carboxylic acids is 2. The normalized spacial score (nSPS) is 33.1. The Hall–Kier alpha value is -0.900. The molecule has 13 heteroatoms. The van der Waals surface area contributed by atoms with E-state index in [1.807, 2.05) is 0 Å². The lowest BCUT2D eigenvalue weighted by molar-refractivity contribution is -0.134. The molecule has 2 amide bonds. The Balaban J connectivity index is 2.18. The van der Waals surface area contributed by atoms with Gasteiger partial charge in [0.1, 0.15) is 6.10 Å². The number of amides is 2. The van der Waals surface area contributed by atoms with E-state index in [-0.39, 0.29) is 12.6 Å². The number of nitrogens with one attached hydrogen (secondary N) is 1. The highest BCUT2D eigenvalue weighted by molar-refractivity contribution is 7.52. The molecule has 27 heavy (non-hydrogen) atoms. The topological polar surface area (TPSA) is 158 Å². The van der Waals surface area contributed by atoms with E-state index in [2.05, 4.69) is 9.84 Å². The average molecular weight is 427 g/mol. The summed E-state index contributed by atoms with van der Waals surface area (Å²) in [6.45, 7) is 2.55. The van der Waals surface area contributed by atoms with Crippen molar-refractivity contribution in [2.75, 3.05) is 19.9 Å². The summed E-state index contributed by atoms with van der Waals surface area (Å²) in [4.78, 5) is 42.8. The predicted octanol–water partition coefficient (Wildman–Crippen LogP) is 0.717. The first-order chi connectivity index (χ1) is 12.5. The molecule has 4 unspecified atom stereocenters. The Morgan fingerprint density at radius 3 is 2.59 bits per heavy atom. The van der Waals surface area contributed by atoms with Crippen molar-refractivity contribution in [2.45, 2.75) is 38.6 Å². The van der Waals surface area contributed by atoms with Crippen LogP contribution in [0.15, 0.2) is 11.6 Å². The molecule has 154 valence electrons. The number of phosphoric ester groups is 1. The van der Waals surface area contributed by atoms with E-state index >= 15 is 0 Å². The van der Waals surface area contributed by atoms with Gasteiger partial charge in [-0.2, -0.15) is 0 Å². The third-order valence-electron chi connectivity index (χ3n) is 4.29. The summed E-state index contributed by atoms with van der Waals surface area (Å²) in [7, 11) is -7.21. The molecular weight excluding hydrogens is 404 g/mol. The van der Waals surface area contributed by atoms with Crippen LogP contribution in [0.5, 0.6) is 0 Å². The van der Waals surface area contributed by atoms with Gasteiger partial charge in [0, 0.05) is 25.3 Å². The zero-order chi connectivity index (χ0) is 20.4. The van der Waals surface area contributed by atoms with Gasteiger partial charge in [-0.15, -0.1) is 0 Å². The molecule has 0 aromatic carbocycles. The molecule has 0 aromatic rings. The van der Waals surface area contributed by atoms with Crippen molar-refractivity contribution >= 4 is 27.2 Å². The molecule has 6 atom stereocenters. The summed E-state index contributed by atoms with van der Waals surface area (Å²) < 4.78 is 43.5. The van der Waals surface area contributed by atoms with Crippen molar-refractivity contribution in [3.63, 3.8) is 0 Å². The van der Waals surface area contributed by atoms with Crippen molar-refractivity contribution in [2.24, 2.45) is 5.92 Å². The third kappa shape index (κ3) is 5.79. The van der Waals surface area contributed by atoms with Gasteiger partial charge in [-0.3, -0.25) is 28.5 Å². The fraction of sp³-hybridized carbons (Fsp3) is 0.714. The molecular formula is C14H23NO10P2. The number of hydrogen-bond acceptors (Lipinski definition) is 8. The first-order valence-electron chi connectivity index (χ1n) is 8.20. The van der Waals surface area contributed by atoms with Crippen LogP contribution in [-0.2, 0) is 37.0 Å². The standard InChI is InChI=1S/C14H23NO10P2/c1-4-26(18,19)25-11-6-10(9-5-8(2)13(16)15-14(9)17)24-12(11)7-23-27(20,21)22-3/h5,9-12H,4,6-7H2,1-3H3,(H,18,19)(H,20,21)(H,15,16,17)/t9?,10-,11-,12?/m1/s1. The Morgan fingerprint density at radius 2 is 2.00 bits per heavy atom. The van der Waals surface area contributed by atoms with E-state index in [9.17, 15) is 28.5 Å². The van der Waals surface area contributed by atoms with Crippen LogP contribution in [0.25, 0.3) is 0 Å². The van der Waals surface area contributed by atoms with Crippen molar-refractivity contribution in [3.8, 4) is 0 Å². The largest absolute Gasteiger partial charge is 0.472 e. The molecule has 0 aliphatic carbocycles. The highest BCUT2D eigenvalue weighted by Crippen LogP contribution is 2.48. The fourth-order valence-corrected chi connectivity index (χ4v) is 3.97. The molecule has 3 N–H and O–H groups in total. The van der Waals surface area contributed by atoms with Crippen LogP contribution in [0.3, 0.4) is 0 Å². The second-order valence-electron chi connectivity index (χ2n) is 6.19. The Labute approximate surface area is 156 Å². The minimum absolute atomic E-state index is 0.0529. The summed E-state index contributed by atoms with van der Waals surface area (Å²) in [5, 5.41) is 2.20. The number of rotatable bonds is 8. The summed E-state index contributed by atoms with van der Waals surface area (Å²) in [6, 6.07) is 0. The maximum atomic E-state index is 12.1. The zero-order valence-electron chi connectivity index (χ0n) is 15.1. The molecule has 0 radical (unpaired) electrons. The van der Waals surface area contributed by atoms with Gasteiger partial charge in [0.05, 0.1) is 24.7 Å². The van der Waals surface area contributed by atoms with E-state index in [0.29, 0.717) is 5.57 Å². The minimum atomic E-state index is -4.30.